The minimum absolute atomic E-state index is 0.357. The van der Waals surface area contributed by atoms with Gasteiger partial charge in [-0.05, 0) is 31.7 Å². The van der Waals surface area contributed by atoms with E-state index in [9.17, 15) is 0 Å². The van der Waals surface area contributed by atoms with Crippen molar-refractivity contribution in [2.24, 2.45) is 0 Å². The van der Waals surface area contributed by atoms with Crippen molar-refractivity contribution in [3.05, 3.63) is 35.9 Å². The van der Waals surface area contributed by atoms with E-state index in [-0.39, 0.29) is 0 Å². The average molecular weight is 204 g/mol. The second-order valence-electron chi connectivity index (χ2n) is 4.54. The summed E-state index contributed by atoms with van der Waals surface area (Å²) in [6.45, 7) is 2.19. The molecule has 1 heteroatoms. The predicted octanol–water partition coefficient (Wildman–Crippen LogP) is 3.58. The van der Waals surface area contributed by atoms with Crippen molar-refractivity contribution in [2.75, 3.05) is 0 Å². The molecule has 0 bridgehead atoms. The molecule has 82 valence electrons. The molecule has 1 atom stereocenters. The Bertz CT molecular complexity index is 275. The molecule has 0 N–H and O–H groups in total. The summed E-state index contributed by atoms with van der Waals surface area (Å²) in [6, 6.07) is 10.6. The quantitative estimate of drug-likeness (QED) is 0.728. The number of rotatable bonds is 4. The first-order valence-electron chi connectivity index (χ1n) is 6.04. The summed E-state index contributed by atoms with van der Waals surface area (Å²) in [4.78, 5) is 0. The lowest BCUT2D eigenvalue weighted by atomic mass is 10.1. The van der Waals surface area contributed by atoms with Crippen LogP contribution < -0.4 is 0 Å². The molecule has 1 fully saturated rings. The van der Waals surface area contributed by atoms with Gasteiger partial charge < -0.3 is 4.74 Å². The number of ether oxygens (including phenoxy) is 1. The van der Waals surface area contributed by atoms with Crippen LogP contribution in [0.2, 0.25) is 0 Å². The number of hydrogen-bond donors (Lipinski definition) is 0. The molecule has 1 aliphatic rings. The molecule has 1 nitrogen and oxygen atoms in total. The molecule has 0 aliphatic heterocycles. The molecule has 0 spiro atoms. The molecule has 1 aromatic carbocycles. The Morgan fingerprint density at radius 2 is 1.87 bits per heavy atom. The summed E-state index contributed by atoms with van der Waals surface area (Å²) in [6.07, 6.45) is 7.15. The van der Waals surface area contributed by atoms with Crippen molar-refractivity contribution in [3.63, 3.8) is 0 Å². The van der Waals surface area contributed by atoms with E-state index in [1.165, 1.54) is 31.2 Å². The zero-order chi connectivity index (χ0) is 10.5. The van der Waals surface area contributed by atoms with Crippen LogP contribution in [0.5, 0.6) is 0 Å². The van der Waals surface area contributed by atoms with Gasteiger partial charge in [-0.25, -0.2) is 0 Å². The van der Waals surface area contributed by atoms with E-state index < -0.39 is 0 Å². The van der Waals surface area contributed by atoms with Crippen LogP contribution in [0.15, 0.2) is 30.3 Å². The highest BCUT2D eigenvalue weighted by Crippen LogP contribution is 2.22. The minimum Gasteiger partial charge on any atom is -0.375 e. The Kier molecular flexibility index (Phi) is 3.79. The molecule has 1 aromatic rings. The van der Waals surface area contributed by atoms with E-state index in [4.69, 9.17) is 4.74 Å². The molecule has 0 amide bonds. The summed E-state index contributed by atoms with van der Waals surface area (Å²) in [5, 5.41) is 0. The topological polar surface area (TPSA) is 9.23 Å². The lowest BCUT2D eigenvalue weighted by molar-refractivity contribution is 0.00287. The zero-order valence-corrected chi connectivity index (χ0v) is 9.49. The minimum atomic E-state index is 0.357. The van der Waals surface area contributed by atoms with Gasteiger partial charge in [0.25, 0.3) is 0 Å². The largest absolute Gasteiger partial charge is 0.375 e. The van der Waals surface area contributed by atoms with E-state index in [0.717, 1.165) is 6.42 Å². The van der Waals surface area contributed by atoms with Gasteiger partial charge in [-0.1, -0.05) is 43.2 Å². The number of benzene rings is 1. The van der Waals surface area contributed by atoms with Crippen molar-refractivity contribution in [1.29, 1.82) is 0 Å². The first-order chi connectivity index (χ1) is 7.34. The molecule has 0 radical (unpaired) electrons. The van der Waals surface area contributed by atoms with Gasteiger partial charge in [0.15, 0.2) is 0 Å². The van der Waals surface area contributed by atoms with E-state index in [1.54, 1.807) is 0 Å². The van der Waals surface area contributed by atoms with Crippen LogP contribution in [0, 0.1) is 0 Å². The lowest BCUT2D eigenvalue weighted by Gasteiger charge is -2.18. The second kappa shape index (κ2) is 5.32. The molecule has 0 heterocycles. The van der Waals surface area contributed by atoms with Gasteiger partial charge in [0.2, 0.25) is 0 Å². The van der Waals surface area contributed by atoms with Crippen LogP contribution in [-0.2, 0) is 11.2 Å². The fourth-order valence-corrected chi connectivity index (χ4v) is 2.35. The normalized spacial score (nSPS) is 19.3. The highest BCUT2D eigenvalue weighted by atomic mass is 16.5. The maximum absolute atomic E-state index is 6.02. The Balaban J connectivity index is 1.79. The molecule has 0 aromatic heterocycles. The molecular formula is C14H20O. The smallest absolute Gasteiger partial charge is 0.0591 e. The Morgan fingerprint density at radius 1 is 1.20 bits per heavy atom. The molecule has 0 saturated heterocycles. The molecule has 2 rings (SSSR count). The third kappa shape index (κ3) is 3.35. The summed E-state index contributed by atoms with van der Waals surface area (Å²) < 4.78 is 6.02. The third-order valence-electron chi connectivity index (χ3n) is 3.09. The Labute approximate surface area is 92.5 Å². The zero-order valence-electron chi connectivity index (χ0n) is 9.49. The van der Waals surface area contributed by atoms with Crippen molar-refractivity contribution < 1.29 is 4.74 Å². The van der Waals surface area contributed by atoms with Crippen molar-refractivity contribution in [1.82, 2.24) is 0 Å². The Morgan fingerprint density at radius 3 is 2.53 bits per heavy atom. The van der Waals surface area contributed by atoms with Crippen LogP contribution in [0.25, 0.3) is 0 Å². The van der Waals surface area contributed by atoms with Crippen molar-refractivity contribution in [2.45, 2.75) is 51.2 Å². The highest BCUT2D eigenvalue weighted by Gasteiger charge is 2.17. The van der Waals surface area contributed by atoms with Crippen molar-refractivity contribution in [3.8, 4) is 0 Å². The maximum Gasteiger partial charge on any atom is 0.0591 e. The standard InChI is InChI=1S/C14H20O/c1-12(15-14-9-5-6-10-14)11-13-7-3-2-4-8-13/h2-4,7-8,12,14H,5-6,9-11H2,1H3. The molecule has 1 saturated carbocycles. The van der Waals surface area contributed by atoms with Gasteiger partial charge in [0, 0.05) is 0 Å². The van der Waals surface area contributed by atoms with Gasteiger partial charge in [0.1, 0.15) is 0 Å². The summed E-state index contributed by atoms with van der Waals surface area (Å²) in [5.74, 6) is 0. The van der Waals surface area contributed by atoms with Gasteiger partial charge in [0.05, 0.1) is 12.2 Å². The molecular weight excluding hydrogens is 184 g/mol. The van der Waals surface area contributed by atoms with Gasteiger partial charge in [-0.3, -0.25) is 0 Å². The highest BCUT2D eigenvalue weighted by molar-refractivity contribution is 5.15. The average Bonchev–Trinajstić information content (AvgIpc) is 2.71. The maximum atomic E-state index is 6.02. The third-order valence-corrected chi connectivity index (χ3v) is 3.09. The van der Waals surface area contributed by atoms with Gasteiger partial charge in [-0.2, -0.15) is 0 Å². The first-order valence-corrected chi connectivity index (χ1v) is 6.04. The van der Waals surface area contributed by atoms with E-state index >= 15 is 0 Å². The fourth-order valence-electron chi connectivity index (χ4n) is 2.35. The van der Waals surface area contributed by atoms with Crippen LogP contribution in [0.1, 0.15) is 38.2 Å². The van der Waals surface area contributed by atoms with E-state index in [1.807, 2.05) is 0 Å². The van der Waals surface area contributed by atoms with Gasteiger partial charge in [-0.15, -0.1) is 0 Å². The lowest BCUT2D eigenvalue weighted by Crippen LogP contribution is -2.19. The SMILES string of the molecule is CC(Cc1ccccc1)OC1CCCC1. The van der Waals surface area contributed by atoms with Gasteiger partial charge >= 0.3 is 0 Å². The van der Waals surface area contributed by atoms with E-state index in [2.05, 4.69) is 37.3 Å². The first kappa shape index (κ1) is 10.7. The van der Waals surface area contributed by atoms with Crippen LogP contribution in [-0.4, -0.2) is 12.2 Å². The van der Waals surface area contributed by atoms with Crippen LogP contribution in [0.3, 0.4) is 0 Å². The molecule has 15 heavy (non-hydrogen) atoms. The predicted molar refractivity (Wildman–Crippen MR) is 62.9 cm³/mol. The monoisotopic (exact) mass is 204 g/mol. The summed E-state index contributed by atoms with van der Waals surface area (Å²) >= 11 is 0. The van der Waals surface area contributed by atoms with Crippen molar-refractivity contribution >= 4 is 0 Å². The van der Waals surface area contributed by atoms with E-state index in [0.29, 0.717) is 12.2 Å². The fraction of sp³-hybridized carbons (Fsp3) is 0.571. The second-order valence-corrected chi connectivity index (χ2v) is 4.54. The summed E-state index contributed by atoms with van der Waals surface area (Å²) in [7, 11) is 0. The molecule has 1 aliphatic carbocycles. The molecule has 1 unspecified atom stereocenters. The summed E-state index contributed by atoms with van der Waals surface area (Å²) in [5.41, 5.74) is 1.38. The Hall–Kier alpha value is -0.820. The van der Waals surface area contributed by atoms with Crippen LogP contribution in [0.4, 0.5) is 0 Å². The van der Waals surface area contributed by atoms with Crippen LogP contribution >= 0.6 is 0 Å². The number of hydrogen-bond acceptors (Lipinski definition) is 1.